The summed E-state index contributed by atoms with van der Waals surface area (Å²) in [5.41, 5.74) is 0.652. The maximum Gasteiger partial charge on any atom is 0.252 e. The average molecular weight is 207 g/mol. The molecule has 2 aliphatic rings. The topological polar surface area (TPSA) is 41.9 Å². The molecule has 81 valence electrons. The average Bonchev–Trinajstić information content (AvgIpc) is 2.56. The van der Waals surface area contributed by atoms with Crippen LogP contribution < -0.4 is 0 Å². The molecule has 4 nitrogen and oxygen atoms in total. The molecule has 0 spiro atoms. The van der Waals surface area contributed by atoms with Gasteiger partial charge in [-0.15, -0.1) is 0 Å². The molecule has 0 aromatic rings. The van der Waals surface area contributed by atoms with Crippen molar-refractivity contribution in [2.45, 2.75) is 38.8 Å². The van der Waals surface area contributed by atoms with Crippen molar-refractivity contribution in [2.24, 2.45) is 5.16 Å². The second-order valence-corrected chi connectivity index (χ2v) is 4.65. The molecule has 15 heavy (non-hydrogen) atoms. The minimum absolute atomic E-state index is 0.0486. The van der Waals surface area contributed by atoms with Crippen molar-refractivity contribution in [3.63, 3.8) is 0 Å². The third kappa shape index (κ3) is 1.64. The van der Waals surface area contributed by atoms with Crippen LogP contribution >= 0.6 is 0 Å². The summed E-state index contributed by atoms with van der Waals surface area (Å²) in [7, 11) is 0. The van der Waals surface area contributed by atoms with Crippen molar-refractivity contribution in [3.8, 4) is 0 Å². The summed E-state index contributed by atoms with van der Waals surface area (Å²) in [6.45, 7) is 9.74. The van der Waals surface area contributed by atoms with Crippen LogP contribution in [0.5, 0.6) is 0 Å². The highest BCUT2D eigenvalue weighted by Crippen LogP contribution is 2.28. The Kier molecular flexibility index (Phi) is 2.10. The van der Waals surface area contributed by atoms with E-state index in [0.717, 1.165) is 5.57 Å². The smallest absolute Gasteiger partial charge is 0.252 e. The number of amides is 1. The van der Waals surface area contributed by atoms with Gasteiger partial charge >= 0.3 is 0 Å². The molecule has 2 rings (SSSR count). The molecular weight excluding hydrogens is 192 g/mol. The molecule has 2 aliphatic heterocycles. The molecule has 1 atom stereocenters. The summed E-state index contributed by atoms with van der Waals surface area (Å²) in [6, 6.07) is -0.145. The highest BCUT2D eigenvalue weighted by molar-refractivity contribution is 6.06. The molecule has 0 N–H and O–H groups in total. The molecule has 0 bridgehead atoms. The van der Waals surface area contributed by atoms with Crippen LogP contribution in [0.1, 0.15) is 27.2 Å². The number of oxime groups is 1. The van der Waals surface area contributed by atoms with Crippen molar-refractivity contribution < 1.29 is 9.63 Å². The van der Waals surface area contributed by atoms with E-state index in [2.05, 4.69) is 12.1 Å². The van der Waals surface area contributed by atoms with Crippen molar-refractivity contribution in [1.29, 1.82) is 0 Å². The van der Waals surface area contributed by atoms with Gasteiger partial charge in [-0.3, -0.25) is 9.69 Å². The highest BCUT2D eigenvalue weighted by Gasteiger charge is 2.38. The Morgan fingerprint density at radius 2 is 2.33 bits per heavy atom. The van der Waals surface area contributed by atoms with E-state index in [1.807, 2.05) is 20.8 Å². The van der Waals surface area contributed by atoms with Crippen LogP contribution in [0.15, 0.2) is 16.8 Å². The molecule has 1 amide bonds. The zero-order valence-corrected chi connectivity index (χ0v) is 9.28. The Morgan fingerprint density at radius 1 is 1.67 bits per heavy atom. The van der Waals surface area contributed by atoms with Crippen LogP contribution in [0.3, 0.4) is 0 Å². The van der Waals surface area contributed by atoms with E-state index in [1.54, 1.807) is 11.0 Å². The van der Waals surface area contributed by atoms with Crippen molar-refractivity contribution in [2.75, 3.05) is 0 Å². The Labute approximate surface area is 89.6 Å². The SMILES string of the molecule is [CH2]C1C(C)=CC(=O)N1C1=NOC(C)(C)C1. The molecule has 0 aliphatic carbocycles. The van der Waals surface area contributed by atoms with E-state index < -0.39 is 0 Å². The second kappa shape index (κ2) is 3.08. The fraction of sp³-hybridized carbons (Fsp3) is 0.545. The zero-order valence-electron chi connectivity index (χ0n) is 9.28. The summed E-state index contributed by atoms with van der Waals surface area (Å²) >= 11 is 0. The zero-order chi connectivity index (χ0) is 11.2. The summed E-state index contributed by atoms with van der Waals surface area (Å²) in [5, 5.41) is 3.95. The van der Waals surface area contributed by atoms with Gasteiger partial charge in [-0.1, -0.05) is 5.16 Å². The molecule has 4 heteroatoms. The first-order chi connectivity index (χ1) is 6.91. The minimum atomic E-state index is -0.314. The van der Waals surface area contributed by atoms with Gasteiger partial charge in [-0.05, 0) is 33.3 Å². The van der Waals surface area contributed by atoms with Gasteiger partial charge in [-0.2, -0.15) is 0 Å². The van der Waals surface area contributed by atoms with Gasteiger partial charge in [0.2, 0.25) is 0 Å². The van der Waals surface area contributed by atoms with Gasteiger partial charge in [0.25, 0.3) is 5.91 Å². The number of amidine groups is 1. The van der Waals surface area contributed by atoms with Crippen LogP contribution in [-0.2, 0) is 9.63 Å². The molecule has 0 fully saturated rings. The first kappa shape index (κ1) is 10.2. The van der Waals surface area contributed by atoms with Crippen LogP contribution in [-0.4, -0.2) is 28.3 Å². The molecule has 1 radical (unpaired) electrons. The Balaban J connectivity index is 2.18. The molecule has 1 unspecified atom stereocenters. The van der Waals surface area contributed by atoms with E-state index >= 15 is 0 Å². The Bertz CT molecular complexity index is 369. The maximum absolute atomic E-state index is 11.7. The third-order valence-corrected chi connectivity index (χ3v) is 2.69. The van der Waals surface area contributed by atoms with Crippen LogP contribution in [0.25, 0.3) is 0 Å². The first-order valence-corrected chi connectivity index (χ1v) is 5.00. The van der Waals surface area contributed by atoms with Gasteiger partial charge in [0, 0.05) is 6.08 Å². The van der Waals surface area contributed by atoms with Gasteiger partial charge in [-0.25, -0.2) is 0 Å². The molecular formula is C11H15N2O2. The fourth-order valence-electron chi connectivity index (χ4n) is 1.78. The Morgan fingerprint density at radius 3 is 2.73 bits per heavy atom. The number of rotatable bonds is 0. The number of hydrogen-bond donors (Lipinski definition) is 0. The number of hydrogen-bond acceptors (Lipinski definition) is 3. The Hall–Kier alpha value is -1.32. The fourth-order valence-corrected chi connectivity index (χ4v) is 1.78. The number of carbonyl (C=O) groups excluding carboxylic acids is 1. The number of carbonyl (C=O) groups is 1. The lowest BCUT2D eigenvalue weighted by Crippen LogP contribution is -2.39. The summed E-state index contributed by atoms with van der Waals surface area (Å²) in [6.07, 6.45) is 2.25. The van der Waals surface area contributed by atoms with Crippen LogP contribution in [0.2, 0.25) is 0 Å². The van der Waals surface area contributed by atoms with E-state index in [4.69, 9.17) is 4.84 Å². The second-order valence-electron chi connectivity index (χ2n) is 4.65. The third-order valence-electron chi connectivity index (χ3n) is 2.69. The lowest BCUT2D eigenvalue weighted by Gasteiger charge is -2.22. The largest absolute Gasteiger partial charge is 0.388 e. The maximum atomic E-state index is 11.7. The summed E-state index contributed by atoms with van der Waals surface area (Å²) in [5.74, 6) is 0.630. The number of nitrogens with zero attached hydrogens (tertiary/aromatic N) is 2. The minimum Gasteiger partial charge on any atom is -0.388 e. The quantitative estimate of drug-likeness (QED) is 0.604. The van der Waals surface area contributed by atoms with Gasteiger partial charge < -0.3 is 4.84 Å². The summed E-state index contributed by atoms with van der Waals surface area (Å²) < 4.78 is 0. The predicted molar refractivity (Wildman–Crippen MR) is 57.0 cm³/mol. The molecule has 0 aromatic heterocycles. The van der Waals surface area contributed by atoms with Gasteiger partial charge in [0.15, 0.2) is 5.84 Å². The van der Waals surface area contributed by atoms with Crippen molar-refractivity contribution >= 4 is 11.7 Å². The van der Waals surface area contributed by atoms with E-state index in [-0.39, 0.29) is 17.6 Å². The summed E-state index contributed by atoms with van der Waals surface area (Å²) in [4.78, 5) is 18.5. The van der Waals surface area contributed by atoms with E-state index in [1.165, 1.54) is 0 Å². The standard InChI is InChI=1S/C11H15N2O2/c1-7-5-10(14)13(8(7)2)9-6-11(3,4)15-12-9/h5,8H,2,6H2,1,3-4H3. The lowest BCUT2D eigenvalue weighted by atomic mass is 10.0. The molecule has 0 saturated heterocycles. The van der Waals surface area contributed by atoms with E-state index in [9.17, 15) is 4.79 Å². The highest BCUT2D eigenvalue weighted by atomic mass is 16.7. The lowest BCUT2D eigenvalue weighted by molar-refractivity contribution is -0.121. The van der Waals surface area contributed by atoms with E-state index in [0.29, 0.717) is 12.3 Å². The normalized spacial score (nSPS) is 28.9. The van der Waals surface area contributed by atoms with Crippen molar-refractivity contribution in [1.82, 2.24) is 4.90 Å². The molecule has 0 saturated carbocycles. The molecule has 2 heterocycles. The monoisotopic (exact) mass is 207 g/mol. The molecule has 0 aromatic carbocycles. The van der Waals surface area contributed by atoms with Gasteiger partial charge in [0.05, 0.1) is 12.5 Å². The first-order valence-electron chi connectivity index (χ1n) is 5.00. The van der Waals surface area contributed by atoms with Crippen LogP contribution in [0, 0.1) is 6.92 Å². The van der Waals surface area contributed by atoms with Gasteiger partial charge in [0.1, 0.15) is 5.60 Å². The van der Waals surface area contributed by atoms with Crippen molar-refractivity contribution in [3.05, 3.63) is 18.6 Å². The van der Waals surface area contributed by atoms with Crippen LogP contribution in [0.4, 0.5) is 0 Å². The predicted octanol–water partition coefficient (Wildman–Crippen LogP) is 1.49.